The average Bonchev–Trinajstić information content (AvgIpc) is 3.28. The fourth-order valence-corrected chi connectivity index (χ4v) is 3.57. The molecule has 9 heteroatoms. The number of thiazole rings is 1. The number of benzene rings is 2. The molecule has 0 aliphatic carbocycles. The van der Waals surface area contributed by atoms with Gasteiger partial charge in [0.1, 0.15) is 17.4 Å². The van der Waals surface area contributed by atoms with E-state index < -0.39 is 0 Å². The molecule has 2 aromatic carbocycles. The van der Waals surface area contributed by atoms with Crippen LogP contribution in [-0.2, 0) is 17.9 Å². The Morgan fingerprint density at radius 2 is 1.96 bits per heavy atom. The van der Waals surface area contributed by atoms with Crippen molar-refractivity contribution >= 4 is 27.5 Å². The number of amides is 1. The van der Waals surface area contributed by atoms with E-state index in [1.54, 1.807) is 35.4 Å². The van der Waals surface area contributed by atoms with Crippen molar-refractivity contribution in [2.45, 2.75) is 13.1 Å². The summed E-state index contributed by atoms with van der Waals surface area (Å²) in [5.41, 5.74) is 1.57. The molecule has 0 bridgehead atoms. The summed E-state index contributed by atoms with van der Waals surface area (Å²) in [5.74, 6) is -0.147. The minimum absolute atomic E-state index is 0.0322. The Morgan fingerprint density at radius 3 is 2.74 bits per heavy atom. The number of likely N-dealkylation sites (N-methyl/N-ethyl adjacent to an activating group) is 1. The predicted molar refractivity (Wildman–Crippen MR) is 99.3 cm³/mol. The van der Waals surface area contributed by atoms with Gasteiger partial charge in [-0.05, 0) is 41.6 Å². The first-order chi connectivity index (χ1) is 13.1. The lowest BCUT2D eigenvalue weighted by atomic mass is 10.2. The van der Waals surface area contributed by atoms with E-state index in [9.17, 15) is 9.18 Å². The van der Waals surface area contributed by atoms with Gasteiger partial charge in [0.25, 0.3) is 0 Å². The van der Waals surface area contributed by atoms with E-state index in [-0.39, 0.29) is 18.3 Å². The zero-order valence-electron chi connectivity index (χ0n) is 14.4. The van der Waals surface area contributed by atoms with Gasteiger partial charge in [-0.25, -0.2) is 9.37 Å². The number of hydrogen-bond acceptors (Lipinski definition) is 6. The Morgan fingerprint density at radius 1 is 1.19 bits per heavy atom. The number of carbonyl (C=O) groups excluding carboxylic acids is 1. The number of tetrazole rings is 1. The van der Waals surface area contributed by atoms with Crippen molar-refractivity contribution in [3.8, 4) is 11.4 Å². The standard InChI is InChI=1S/C18H15FN6OS/c1-24(10-16-20-14-4-2-3-5-15(14)27-16)17(26)11-25-22-18(21-23-25)12-6-8-13(19)9-7-12/h2-9H,10-11H2,1H3. The van der Waals surface area contributed by atoms with Gasteiger partial charge in [-0.1, -0.05) is 12.1 Å². The zero-order chi connectivity index (χ0) is 18.8. The summed E-state index contributed by atoms with van der Waals surface area (Å²) in [5, 5.41) is 12.9. The highest BCUT2D eigenvalue weighted by Crippen LogP contribution is 2.22. The van der Waals surface area contributed by atoms with Crippen LogP contribution in [0.2, 0.25) is 0 Å². The topological polar surface area (TPSA) is 76.8 Å². The molecule has 0 radical (unpaired) electrons. The SMILES string of the molecule is CN(Cc1nc2ccccc2s1)C(=O)Cn1nnc(-c2ccc(F)cc2)n1. The van der Waals surface area contributed by atoms with Gasteiger partial charge < -0.3 is 4.90 Å². The molecule has 7 nitrogen and oxygen atoms in total. The van der Waals surface area contributed by atoms with E-state index >= 15 is 0 Å². The molecule has 0 fully saturated rings. The van der Waals surface area contributed by atoms with Crippen molar-refractivity contribution in [1.82, 2.24) is 30.1 Å². The van der Waals surface area contributed by atoms with Crippen molar-refractivity contribution in [3.05, 3.63) is 59.4 Å². The average molecular weight is 382 g/mol. The molecule has 27 heavy (non-hydrogen) atoms. The van der Waals surface area contributed by atoms with Crippen LogP contribution in [0.15, 0.2) is 48.5 Å². The smallest absolute Gasteiger partial charge is 0.246 e. The van der Waals surface area contributed by atoms with Crippen molar-refractivity contribution in [1.29, 1.82) is 0 Å². The second-order valence-corrected chi connectivity index (χ2v) is 7.09. The van der Waals surface area contributed by atoms with E-state index in [1.807, 2.05) is 24.3 Å². The summed E-state index contributed by atoms with van der Waals surface area (Å²) in [6, 6.07) is 13.7. The third-order valence-corrected chi connectivity index (χ3v) is 4.99. The number of carbonyl (C=O) groups is 1. The molecule has 0 saturated carbocycles. The van der Waals surface area contributed by atoms with Crippen LogP contribution in [0.25, 0.3) is 21.6 Å². The number of aromatic nitrogens is 5. The molecule has 2 aromatic heterocycles. The number of hydrogen-bond donors (Lipinski definition) is 0. The first-order valence-electron chi connectivity index (χ1n) is 8.20. The number of halogens is 1. The number of nitrogens with zero attached hydrogens (tertiary/aromatic N) is 6. The van der Waals surface area contributed by atoms with Gasteiger partial charge in [0.2, 0.25) is 11.7 Å². The van der Waals surface area contributed by atoms with Crippen molar-refractivity contribution in [3.63, 3.8) is 0 Å². The number of para-hydroxylation sites is 1. The third-order valence-electron chi connectivity index (χ3n) is 3.97. The van der Waals surface area contributed by atoms with E-state index in [2.05, 4.69) is 20.4 Å². The maximum Gasteiger partial charge on any atom is 0.246 e. The second kappa shape index (κ2) is 7.20. The fraction of sp³-hybridized carbons (Fsp3) is 0.167. The molecule has 0 saturated heterocycles. The minimum Gasteiger partial charge on any atom is -0.337 e. The van der Waals surface area contributed by atoms with E-state index in [1.165, 1.54) is 16.9 Å². The second-order valence-electron chi connectivity index (χ2n) is 5.98. The van der Waals surface area contributed by atoms with Crippen molar-refractivity contribution in [2.24, 2.45) is 0 Å². The Balaban J connectivity index is 1.41. The molecule has 0 atom stereocenters. The highest BCUT2D eigenvalue weighted by Gasteiger charge is 2.15. The van der Waals surface area contributed by atoms with Gasteiger partial charge in [0.15, 0.2) is 0 Å². The van der Waals surface area contributed by atoms with Gasteiger partial charge in [0, 0.05) is 12.6 Å². The van der Waals surface area contributed by atoms with Gasteiger partial charge in [-0.15, -0.1) is 21.5 Å². The largest absolute Gasteiger partial charge is 0.337 e. The summed E-state index contributed by atoms with van der Waals surface area (Å²) < 4.78 is 14.1. The maximum absolute atomic E-state index is 13.0. The molecule has 0 aliphatic rings. The summed E-state index contributed by atoms with van der Waals surface area (Å²) >= 11 is 1.57. The summed E-state index contributed by atoms with van der Waals surface area (Å²) in [7, 11) is 1.71. The molecule has 0 unspecified atom stereocenters. The molecule has 136 valence electrons. The lowest BCUT2D eigenvalue weighted by Gasteiger charge is -2.14. The third kappa shape index (κ3) is 3.82. The molecule has 1 amide bonds. The summed E-state index contributed by atoms with van der Waals surface area (Å²) in [4.78, 5) is 19.8. The Kier molecular flexibility index (Phi) is 4.59. The highest BCUT2D eigenvalue weighted by molar-refractivity contribution is 7.18. The zero-order valence-corrected chi connectivity index (χ0v) is 15.2. The monoisotopic (exact) mass is 382 g/mol. The molecule has 0 aliphatic heterocycles. The van der Waals surface area contributed by atoms with Crippen molar-refractivity contribution in [2.75, 3.05) is 7.05 Å². The predicted octanol–water partition coefficient (Wildman–Crippen LogP) is 2.75. The Bertz CT molecular complexity index is 1060. The lowest BCUT2D eigenvalue weighted by molar-refractivity contribution is -0.131. The lowest BCUT2D eigenvalue weighted by Crippen LogP contribution is -2.30. The van der Waals surface area contributed by atoms with Gasteiger partial charge in [0.05, 0.1) is 16.8 Å². The van der Waals surface area contributed by atoms with Crippen LogP contribution in [0.3, 0.4) is 0 Å². The van der Waals surface area contributed by atoms with Crippen LogP contribution in [0, 0.1) is 5.82 Å². The molecule has 2 heterocycles. The van der Waals surface area contributed by atoms with E-state index in [4.69, 9.17) is 0 Å². The Labute approximate surface area is 158 Å². The summed E-state index contributed by atoms with van der Waals surface area (Å²) in [6.45, 7) is 0.382. The first kappa shape index (κ1) is 17.2. The molecular formula is C18H15FN6OS. The van der Waals surface area contributed by atoms with Crippen LogP contribution >= 0.6 is 11.3 Å². The minimum atomic E-state index is -0.335. The van der Waals surface area contributed by atoms with Crippen molar-refractivity contribution < 1.29 is 9.18 Å². The number of rotatable bonds is 5. The molecular weight excluding hydrogens is 367 g/mol. The van der Waals surface area contributed by atoms with Crippen LogP contribution < -0.4 is 0 Å². The van der Waals surface area contributed by atoms with Gasteiger partial charge >= 0.3 is 0 Å². The quantitative estimate of drug-likeness (QED) is 0.530. The van der Waals surface area contributed by atoms with Gasteiger partial charge in [-0.2, -0.15) is 4.80 Å². The van der Waals surface area contributed by atoms with Crippen LogP contribution in [0.4, 0.5) is 4.39 Å². The highest BCUT2D eigenvalue weighted by atomic mass is 32.1. The number of fused-ring (bicyclic) bond motifs is 1. The molecule has 4 rings (SSSR count). The van der Waals surface area contributed by atoms with Crippen LogP contribution in [0.5, 0.6) is 0 Å². The van der Waals surface area contributed by atoms with Crippen LogP contribution in [-0.4, -0.2) is 43.0 Å². The first-order valence-corrected chi connectivity index (χ1v) is 9.02. The Hall–Kier alpha value is -3.20. The fourth-order valence-electron chi connectivity index (χ4n) is 2.55. The van der Waals surface area contributed by atoms with Crippen LogP contribution in [0.1, 0.15) is 5.01 Å². The molecule has 0 N–H and O–H groups in total. The summed E-state index contributed by atoms with van der Waals surface area (Å²) in [6.07, 6.45) is 0. The molecule has 4 aromatic rings. The van der Waals surface area contributed by atoms with E-state index in [0.29, 0.717) is 17.9 Å². The van der Waals surface area contributed by atoms with Gasteiger partial charge in [-0.3, -0.25) is 4.79 Å². The van der Waals surface area contributed by atoms with E-state index in [0.717, 1.165) is 15.2 Å². The maximum atomic E-state index is 13.0. The normalized spacial score (nSPS) is 11.0. The molecule has 0 spiro atoms.